The zero-order valence-electron chi connectivity index (χ0n) is 30.6. The number of hydrogen-bond donors (Lipinski definition) is 5. The van der Waals surface area contributed by atoms with Gasteiger partial charge in [-0.25, -0.2) is 13.8 Å². The van der Waals surface area contributed by atoms with Crippen LogP contribution in [0.15, 0.2) is 66.9 Å². The van der Waals surface area contributed by atoms with Crippen LogP contribution in [-0.4, -0.2) is 80.5 Å². The van der Waals surface area contributed by atoms with Gasteiger partial charge in [0, 0.05) is 42.9 Å². The van der Waals surface area contributed by atoms with E-state index in [0.717, 1.165) is 53.7 Å². The Morgan fingerprint density at radius 1 is 0.981 bits per heavy atom. The number of aliphatic hydroxyl groups is 1. The van der Waals surface area contributed by atoms with Crippen LogP contribution in [-0.2, 0) is 30.5 Å². The first-order valence-electron chi connectivity index (χ1n) is 18.0. The van der Waals surface area contributed by atoms with Gasteiger partial charge >= 0.3 is 0 Å². The predicted molar refractivity (Wildman–Crippen MR) is 195 cm³/mol. The number of imide groups is 1. The topological polar surface area (TPSA) is 189 Å². The van der Waals surface area contributed by atoms with Crippen LogP contribution >= 0.6 is 0 Å². The highest BCUT2D eigenvalue weighted by Crippen LogP contribution is 2.39. The smallest absolute Gasteiger partial charge is 0.253 e. The van der Waals surface area contributed by atoms with Crippen LogP contribution in [0.5, 0.6) is 0 Å². The number of hydrogen-bond acceptors (Lipinski definition) is 8. The minimum Gasteiger partial charge on any atom is -0.382 e. The molecule has 54 heavy (non-hydrogen) atoms. The fourth-order valence-corrected chi connectivity index (χ4v) is 6.83. The molecule has 1 aliphatic heterocycles. The van der Waals surface area contributed by atoms with E-state index in [1.165, 1.54) is 0 Å². The molecular weight excluding hydrogens is 700 g/mol. The molecule has 6 N–H and O–H groups in total. The Labute approximate surface area is 312 Å². The lowest BCUT2D eigenvalue weighted by Crippen LogP contribution is -2.58. The summed E-state index contributed by atoms with van der Waals surface area (Å²) in [5.74, 6) is -5.15. The molecule has 0 radical (unpaired) electrons. The number of aromatic nitrogens is 2. The van der Waals surface area contributed by atoms with E-state index in [4.69, 9.17) is 5.73 Å². The Kier molecular flexibility index (Phi) is 12.7. The van der Waals surface area contributed by atoms with Crippen LogP contribution in [0.25, 0.3) is 11.3 Å². The van der Waals surface area contributed by atoms with Gasteiger partial charge in [-0.15, -0.1) is 0 Å². The summed E-state index contributed by atoms with van der Waals surface area (Å²) in [7, 11) is 0. The Balaban J connectivity index is 1.27. The van der Waals surface area contributed by atoms with E-state index < -0.39 is 64.9 Å². The minimum atomic E-state index is -1.66. The quantitative estimate of drug-likeness (QED) is 0.116. The molecule has 288 valence electrons. The highest BCUT2D eigenvalue weighted by molar-refractivity contribution is 6.13. The number of nitrogens with two attached hydrogens (primary N) is 1. The summed E-state index contributed by atoms with van der Waals surface area (Å²) in [6, 6.07) is 11.2. The van der Waals surface area contributed by atoms with E-state index in [2.05, 4.69) is 20.9 Å². The van der Waals surface area contributed by atoms with E-state index in [9.17, 15) is 37.9 Å². The molecule has 13 nitrogen and oxygen atoms in total. The summed E-state index contributed by atoms with van der Waals surface area (Å²) in [4.78, 5) is 69.5. The number of halogens is 2. The third kappa shape index (κ3) is 9.82. The summed E-state index contributed by atoms with van der Waals surface area (Å²) in [6.07, 6.45) is 4.14. The van der Waals surface area contributed by atoms with Crippen molar-refractivity contribution in [1.82, 2.24) is 30.4 Å². The second-order valence-electron chi connectivity index (χ2n) is 14.9. The van der Waals surface area contributed by atoms with E-state index in [0.29, 0.717) is 12.8 Å². The number of carbonyl (C=O) groups excluding carboxylic acids is 5. The van der Waals surface area contributed by atoms with Gasteiger partial charge in [0.05, 0.1) is 24.2 Å². The number of rotatable bonds is 15. The third-order valence-electron chi connectivity index (χ3n) is 9.72. The predicted octanol–water partition coefficient (Wildman–Crippen LogP) is 2.87. The van der Waals surface area contributed by atoms with Crippen molar-refractivity contribution in [2.45, 2.75) is 83.6 Å². The standard InChI is InChI=1S/C39H47F2N7O6/c1-39(2,3)33(35-44-29(26-19-25(40)13-14-27(26)41)21-47(35)20-23-9-5-4-6-10-23)34(51)38(54)43-18-17-28(42)37(53)46-30(22-48-31(49)15-16-32(48)50)45-36(52)24-11-7-8-12-24/h4-6,9-10,13-16,19,21,24,28,30,33-34,51H,7-8,11-12,17-18,20,22,42H2,1-3H3,(H,43,54)(H,45,52)(H,46,53)/t28-,30?,33-,34-/m0/s1. The van der Waals surface area contributed by atoms with Gasteiger partial charge in [-0.2, -0.15) is 0 Å². The normalized spacial score (nSPS) is 17.0. The van der Waals surface area contributed by atoms with Crippen molar-refractivity contribution in [2.75, 3.05) is 13.1 Å². The zero-order chi connectivity index (χ0) is 39.2. The fraction of sp³-hybridized carbons (Fsp3) is 0.436. The summed E-state index contributed by atoms with van der Waals surface area (Å²) in [5.41, 5.74) is 6.33. The highest BCUT2D eigenvalue weighted by Gasteiger charge is 2.40. The molecule has 1 saturated carbocycles. The van der Waals surface area contributed by atoms with Crippen LogP contribution in [0.1, 0.15) is 70.2 Å². The average molecular weight is 748 g/mol. The molecule has 5 amide bonds. The van der Waals surface area contributed by atoms with E-state index in [-0.39, 0.29) is 55.0 Å². The summed E-state index contributed by atoms with van der Waals surface area (Å²) in [6.45, 7) is 5.31. The zero-order valence-corrected chi connectivity index (χ0v) is 30.6. The van der Waals surface area contributed by atoms with Crippen LogP contribution in [0.4, 0.5) is 8.78 Å². The molecule has 1 unspecified atom stereocenters. The first-order chi connectivity index (χ1) is 25.6. The maximum Gasteiger partial charge on any atom is 0.253 e. The first-order valence-corrected chi connectivity index (χ1v) is 18.0. The molecule has 2 aliphatic rings. The van der Waals surface area contributed by atoms with Crippen molar-refractivity contribution in [3.05, 3.63) is 89.9 Å². The first kappa shape index (κ1) is 39.9. The molecule has 2 heterocycles. The second kappa shape index (κ2) is 17.2. The van der Waals surface area contributed by atoms with Crippen LogP contribution in [0.2, 0.25) is 0 Å². The van der Waals surface area contributed by atoms with Crippen molar-refractivity contribution >= 4 is 29.5 Å². The van der Waals surface area contributed by atoms with Gasteiger partial charge in [0.25, 0.3) is 11.8 Å². The SMILES string of the molecule is CC(C)(C)[C@H](c1nc(-c2cc(F)ccc2F)cn1Cc1ccccc1)[C@H](O)C(=O)NCC[C@H](N)C(=O)NC(CN1C(=O)C=CC1=O)NC(=O)C1CCCC1. The van der Waals surface area contributed by atoms with Gasteiger partial charge in [0.2, 0.25) is 17.7 Å². The highest BCUT2D eigenvalue weighted by atomic mass is 19.1. The number of imidazole rings is 1. The number of aliphatic hydroxyl groups excluding tert-OH is 1. The van der Waals surface area contributed by atoms with Gasteiger partial charge in [-0.3, -0.25) is 28.9 Å². The Bertz CT molecular complexity index is 1870. The van der Waals surface area contributed by atoms with E-state index >= 15 is 0 Å². The summed E-state index contributed by atoms with van der Waals surface area (Å²) >= 11 is 0. The molecule has 1 fully saturated rings. The van der Waals surface area contributed by atoms with Gasteiger partial charge in [-0.1, -0.05) is 63.9 Å². The molecule has 15 heteroatoms. The van der Waals surface area contributed by atoms with Crippen molar-refractivity contribution in [3.63, 3.8) is 0 Å². The molecule has 4 atom stereocenters. The number of amides is 5. The van der Waals surface area contributed by atoms with E-state index in [1.807, 2.05) is 51.1 Å². The lowest BCUT2D eigenvalue weighted by molar-refractivity contribution is -0.139. The van der Waals surface area contributed by atoms with Crippen molar-refractivity contribution in [1.29, 1.82) is 0 Å². The lowest BCUT2D eigenvalue weighted by atomic mass is 9.76. The number of carbonyl (C=O) groups is 5. The van der Waals surface area contributed by atoms with E-state index in [1.54, 1.807) is 10.8 Å². The van der Waals surface area contributed by atoms with Crippen LogP contribution < -0.4 is 21.7 Å². The summed E-state index contributed by atoms with van der Waals surface area (Å²) < 4.78 is 30.8. The number of nitrogens with zero attached hydrogens (tertiary/aromatic N) is 3. The fourth-order valence-electron chi connectivity index (χ4n) is 6.83. The Hall–Kier alpha value is -5.28. The third-order valence-corrected chi connectivity index (χ3v) is 9.72. The number of benzene rings is 2. The van der Waals surface area contributed by atoms with Crippen LogP contribution in [0.3, 0.4) is 0 Å². The van der Waals surface area contributed by atoms with Crippen molar-refractivity contribution in [3.8, 4) is 11.3 Å². The Morgan fingerprint density at radius 2 is 1.65 bits per heavy atom. The van der Waals surface area contributed by atoms with Gasteiger partial charge in [0.15, 0.2) is 0 Å². The van der Waals surface area contributed by atoms with Crippen molar-refractivity contribution in [2.24, 2.45) is 17.1 Å². The molecule has 2 aromatic carbocycles. The van der Waals surface area contributed by atoms with Crippen LogP contribution in [0, 0.1) is 23.0 Å². The van der Waals surface area contributed by atoms with Gasteiger partial charge in [-0.05, 0) is 48.4 Å². The molecular formula is C39H47F2N7O6. The minimum absolute atomic E-state index is 0.0669. The molecule has 1 aromatic heterocycles. The molecule has 0 bridgehead atoms. The van der Waals surface area contributed by atoms with Gasteiger partial charge < -0.3 is 31.4 Å². The molecule has 1 aliphatic carbocycles. The molecule has 0 spiro atoms. The van der Waals surface area contributed by atoms with Gasteiger partial charge in [0.1, 0.15) is 29.7 Å². The monoisotopic (exact) mass is 747 g/mol. The lowest BCUT2D eigenvalue weighted by Gasteiger charge is -2.33. The largest absolute Gasteiger partial charge is 0.382 e. The maximum atomic E-state index is 14.9. The second-order valence-corrected chi connectivity index (χ2v) is 14.9. The van der Waals surface area contributed by atoms with Crippen molar-refractivity contribution < 1.29 is 37.9 Å². The Morgan fingerprint density at radius 3 is 2.30 bits per heavy atom. The molecule has 0 saturated heterocycles. The number of nitrogens with one attached hydrogen (secondary N) is 3. The molecule has 3 aromatic rings. The maximum absolute atomic E-state index is 14.9. The molecule has 5 rings (SSSR count). The average Bonchev–Trinajstić information content (AvgIpc) is 3.88. The summed E-state index contributed by atoms with van der Waals surface area (Å²) in [5, 5.41) is 19.6.